The molecular formula is C18H25N3O2S. The highest BCUT2D eigenvalue weighted by Crippen LogP contribution is 2.26. The smallest absolute Gasteiger partial charge is 0.253 e. The summed E-state index contributed by atoms with van der Waals surface area (Å²) in [4.78, 5) is 14.6. The van der Waals surface area contributed by atoms with Gasteiger partial charge in [0.1, 0.15) is 0 Å². The highest BCUT2D eigenvalue weighted by atomic mass is 32.1. The number of hydrogen-bond acceptors (Lipinski definition) is 5. The van der Waals surface area contributed by atoms with E-state index in [1.165, 1.54) is 7.11 Å². The zero-order chi connectivity index (χ0) is 17.7. The van der Waals surface area contributed by atoms with Crippen LogP contribution in [0.25, 0.3) is 0 Å². The number of rotatable bonds is 5. The van der Waals surface area contributed by atoms with Gasteiger partial charge in [-0.3, -0.25) is 4.79 Å². The molecule has 0 radical (unpaired) electrons. The number of piperidine rings is 1. The van der Waals surface area contributed by atoms with Crippen LogP contribution in [-0.4, -0.2) is 38.1 Å². The molecule has 1 amide bonds. The van der Waals surface area contributed by atoms with E-state index in [0.717, 1.165) is 24.1 Å². The van der Waals surface area contributed by atoms with E-state index in [0.29, 0.717) is 30.5 Å². The molecule has 6 heteroatoms. The normalized spacial score (nSPS) is 16.0. The first-order valence-electron chi connectivity index (χ1n) is 7.94. The lowest BCUT2D eigenvalue weighted by molar-refractivity contribution is 0.0703. The third kappa shape index (κ3) is 4.47. The van der Waals surface area contributed by atoms with Crippen LogP contribution in [-0.2, 0) is 4.74 Å². The molecule has 0 bridgehead atoms. The first-order chi connectivity index (χ1) is 11.4. The third-order valence-electron chi connectivity index (χ3n) is 4.34. The van der Waals surface area contributed by atoms with E-state index in [2.05, 4.69) is 19.4 Å². The highest BCUT2D eigenvalue weighted by Gasteiger charge is 2.25. The summed E-state index contributed by atoms with van der Waals surface area (Å²) in [7, 11) is 3.37. The van der Waals surface area contributed by atoms with E-state index in [4.69, 9.17) is 10.5 Å². The highest BCUT2D eigenvalue weighted by molar-refractivity contribution is 7.81. The number of nitrogens with zero attached hydrogens (tertiary/aromatic N) is 2. The molecule has 24 heavy (non-hydrogen) atoms. The number of carbonyl (C=O) groups excluding carboxylic acids is 1. The molecule has 0 saturated carbocycles. The minimum absolute atomic E-state index is 0.0584. The number of ether oxygens (including phenoxy) is 1. The van der Waals surface area contributed by atoms with Gasteiger partial charge in [-0.15, -0.1) is 0 Å². The van der Waals surface area contributed by atoms with Gasteiger partial charge in [0.2, 0.25) is 0 Å². The molecular weight excluding hydrogens is 322 g/mol. The SMILES string of the molecule is C=C(/C=C(/N)OC)C1CCN(C(=O)c2cccc(N(C)S)c2)CC1. The number of methoxy groups -OCH3 is 1. The lowest BCUT2D eigenvalue weighted by Gasteiger charge is -2.32. The fourth-order valence-corrected chi connectivity index (χ4v) is 2.96. The summed E-state index contributed by atoms with van der Waals surface area (Å²) in [6, 6.07) is 7.51. The second-order valence-corrected chi connectivity index (χ2v) is 6.57. The molecule has 130 valence electrons. The first kappa shape index (κ1) is 18.3. The van der Waals surface area contributed by atoms with E-state index in [9.17, 15) is 4.79 Å². The van der Waals surface area contributed by atoms with Crippen molar-refractivity contribution in [3.63, 3.8) is 0 Å². The fourth-order valence-electron chi connectivity index (χ4n) is 2.84. The monoisotopic (exact) mass is 347 g/mol. The number of thiol groups is 1. The zero-order valence-electron chi connectivity index (χ0n) is 14.2. The fraction of sp³-hybridized carbons (Fsp3) is 0.389. The Morgan fingerprint density at radius 3 is 2.71 bits per heavy atom. The van der Waals surface area contributed by atoms with Crippen molar-refractivity contribution in [3.05, 3.63) is 53.9 Å². The summed E-state index contributed by atoms with van der Waals surface area (Å²) in [6.07, 6.45) is 3.53. The van der Waals surface area contributed by atoms with Crippen LogP contribution in [0.5, 0.6) is 0 Å². The Morgan fingerprint density at radius 1 is 1.46 bits per heavy atom. The minimum Gasteiger partial charge on any atom is -0.483 e. The minimum atomic E-state index is 0.0584. The summed E-state index contributed by atoms with van der Waals surface area (Å²) >= 11 is 4.27. The van der Waals surface area contributed by atoms with E-state index in [-0.39, 0.29) is 5.91 Å². The maximum atomic E-state index is 12.7. The molecule has 0 aromatic heterocycles. The van der Waals surface area contributed by atoms with Crippen LogP contribution in [0.3, 0.4) is 0 Å². The Hall–Kier alpha value is -2.08. The Kier molecular flexibility index (Phi) is 6.20. The maximum Gasteiger partial charge on any atom is 0.253 e. The van der Waals surface area contributed by atoms with Crippen molar-refractivity contribution in [2.45, 2.75) is 12.8 Å². The van der Waals surface area contributed by atoms with Crippen molar-refractivity contribution in [2.75, 3.05) is 31.6 Å². The van der Waals surface area contributed by atoms with Gasteiger partial charge in [0.05, 0.1) is 7.11 Å². The van der Waals surface area contributed by atoms with Crippen LogP contribution in [0.15, 0.2) is 48.4 Å². The Bertz CT molecular complexity index is 635. The van der Waals surface area contributed by atoms with Gasteiger partial charge >= 0.3 is 0 Å². The summed E-state index contributed by atoms with van der Waals surface area (Å²) in [5.74, 6) is 0.756. The molecule has 5 nitrogen and oxygen atoms in total. The first-order valence-corrected chi connectivity index (χ1v) is 8.34. The number of allylic oxidation sites excluding steroid dienone is 2. The van der Waals surface area contributed by atoms with Gasteiger partial charge in [0.25, 0.3) is 5.91 Å². The molecule has 1 saturated heterocycles. The van der Waals surface area contributed by atoms with Crippen LogP contribution >= 0.6 is 12.8 Å². The van der Waals surface area contributed by atoms with Crippen molar-refractivity contribution in [1.82, 2.24) is 4.90 Å². The summed E-state index contributed by atoms with van der Waals surface area (Å²) in [5.41, 5.74) is 8.22. The number of nitrogens with two attached hydrogens (primary N) is 1. The van der Waals surface area contributed by atoms with Crippen LogP contribution in [0, 0.1) is 5.92 Å². The average Bonchev–Trinajstić information content (AvgIpc) is 2.61. The third-order valence-corrected chi connectivity index (χ3v) is 4.57. The van der Waals surface area contributed by atoms with E-state index in [1.54, 1.807) is 10.4 Å². The molecule has 1 aromatic carbocycles. The Morgan fingerprint density at radius 2 is 2.12 bits per heavy atom. The van der Waals surface area contributed by atoms with Crippen LogP contribution < -0.4 is 10.0 Å². The molecule has 1 aromatic rings. The van der Waals surface area contributed by atoms with Crippen LogP contribution in [0.2, 0.25) is 0 Å². The largest absolute Gasteiger partial charge is 0.483 e. The predicted octanol–water partition coefficient (Wildman–Crippen LogP) is 2.82. The molecule has 2 N–H and O–H groups in total. The summed E-state index contributed by atoms with van der Waals surface area (Å²) in [6.45, 7) is 5.50. The van der Waals surface area contributed by atoms with Gasteiger partial charge in [-0.2, -0.15) is 0 Å². The maximum absolute atomic E-state index is 12.7. The zero-order valence-corrected chi connectivity index (χ0v) is 15.1. The quantitative estimate of drug-likeness (QED) is 0.488. The average molecular weight is 347 g/mol. The van der Waals surface area contributed by atoms with Crippen molar-refractivity contribution >= 4 is 24.4 Å². The van der Waals surface area contributed by atoms with Gasteiger partial charge in [-0.1, -0.05) is 25.5 Å². The summed E-state index contributed by atoms with van der Waals surface area (Å²) < 4.78 is 6.66. The lowest BCUT2D eigenvalue weighted by Crippen LogP contribution is -2.38. The molecule has 0 unspecified atom stereocenters. The standard InChI is InChI=1S/C18H25N3O2S/c1-13(11-17(19)23-3)14-7-9-21(10-8-14)18(22)15-5-4-6-16(12-15)20(2)24/h4-6,11-12,14,24H,1,7-10,19H2,2-3H3/b17-11-. The van der Waals surface area contributed by atoms with Crippen molar-refractivity contribution in [1.29, 1.82) is 0 Å². The van der Waals surface area contributed by atoms with Crippen LogP contribution in [0.4, 0.5) is 5.69 Å². The number of amides is 1. The van der Waals surface area contributed by atoms with Gasteiger partial charge in [0, 0.05) is 37.5 Å². The number of benzene rings is 1. The Balaban J connectivity index is 1.98. The molecule has 1 aliphatic rings. The predicted molar refractivity (Wildman–Crippen MR) is 101 cm³/mol. The second-order valence-electron chi connectivity index (χ2n) is 5.97. The van der Waals surface area contributed by atoms with Crippen molar-refractivity contribution < 1.29 is 9.53 Å². The molecule has 2 rings (SSSR count). The van der Waals surface area contributed by atoms with Crippen molar-refractivity contribution in [3.8, 4) is 0 Å². The molecule has 0 atom stereocenters. The molecule has 0 spiro atoms. The molecule has 1 heterocycles. The van der Waals surface area contributed by atoms with Crippen LogP contribution in [0.1, 0.15) is 23.2 Å². The van der Waals surface area contributed by atoms with Gasteiger partial charge < -0.3 is 19.7 Å². The van der Waals surface area contributed by atoms with E-state index < -0.39 is 0 Å². The number of likely N-dealkylation sites (tertiary alicyclic amines) is 1. The topological polar surface area (TPSA) is 58.8 Å². The number of anilines is 1. The Labute approximate surface area is 149 Å². The molecule has 1 aliphatic heterocycles. The van der Waals surface area contributed by atoms with Gasteiger partial charge in [0.15, 0.2) is 5.88 Å². The number of carbonyl (C=O) groups is 1. The number of hydrogen-bond donors (Lipinski definition) is 2. The van der Waals surface area contributed by atoms with E-state index in [1.807, 2.05) is 36.2 Å². The molecule has 1 fully saturated rings. The van der Waals surface area contributed by atoms with E-state index >= 15 is 0 Å². The second kappa shape index (κ2) is 8.15. The lowest BCUT2D eigenvalue weighted by atomic mass is 9.89. The van der Waals surface area contributed by atoms with Crippen molar-refractivity contribution in [2.24, 2.45) is 11.7 Å². The van der Waals surface area contributed by atoms with Gasteiger partial charge in [-0.05, 0) is 42.5 Å². The summed E-state index contributed by atoms with van der Waals surface area (Å²) in [5, 5.41) is 0. The molecule has 0 aliphatic carbocycles. The van der Waals surface area contributed by atoms with Gasteiger partial charge in [-0.25, -0.2) is 0 Å².